The number of carbonyl (C=O) groups is 1. The summed E-state index contributed by atoms with van der Waals surface area (Å²) in [4.78, 5) is 23.8. The van der Waals surface area contributed by atoms with Gasteiger partial charge in [-0.15, -0.1) is 5.10 Å². The molecule has 5 rings (SSSR count). The molecule has 29 heavy (non-hydrogen) atoms. The Morgan fingerprint density at radius 1 is 1.21 bits per heavy atom. The standard InChI is InChI=1S/C21H21N7O/c1-15-23-18-8-2-3-9-20(18)27(15)13-17-7-5-11-26(17)21(29)19-14-28(25-24-19)16-6-4-10-22-12-16/h2-4,6,8-10,12,14,17H,5,7,11,13H2,1H3. The molecule has 8 heteroatoms. The van der Waals surface area contributed by atoms with Gasteiger partial charge in [0.2, 0.25) is 0 Å². The fourth-order valence-electron chi connectivity index (χ4n) is 4.05. The number of carbonyl (C=O) groups excluding carboxylic acids is 1. The highest BCUT2D eigenvalue weighted by molar-refractivity contribution is 5.92. The number of rotatable bonds is 4. The van der Waals surface area contributed by atoms with E-state index in [9.17, 15) is 4.79 Å². The van der Waals surface area contributed by atoms with Crippen LogP contribution in [0.4, 0.5) is 0 Å². The molecule has 4 aromatic rings. The van der Waals surface area contributed by atoms with Gasteiger partial charge in [-0.2, -0.15) is 0 Å². The molecule has 0 saturated carbocycles. The van der Waals surface area contributed by atoms with Gasteiger partial charge in [0, 0.05) is 19.3 Å². The van der Waals surface area contributed by atoms with E-state index >= 15 is 0 Å². The lowest BCUT2D eigenvalue weighted by atomic mass is 10.2. The average molecular weight is 387 g/mol. The van der Waals surface area contributed by atoms with Crippen molar-refractivity contribution in [1.82, 2.24) is 34.4 Å². The summed E-state index contributed by atoms with van der Waals surface area (Å²) in [6.45, 7) is 3.48. The first kappa shape index (κ1) is 17.5. The Balaban J connectivity index is 1.39. The zero-order valence-corrected chi connectivity index (χ0v) is 16.1. The number of benzene rings is 1. The largest absolute Gasteiger partial charge is 0.332 e. The van der Waals surface area contributed by atoms with Crippen LogP contribution in [0.2, 0.25) is 0 Å². The van der Waals surface area contributed by atoms with Crippen molar-refractivity contribution in [2.75, 3.05) is 6.54 Å². The minimum Gasteiger partial charge on any atom is -0.332 e. The lowest BCUT2D eigenvalue weighted by Crippen LogP contribution is -2.38. The smallest absolute Gasteiger partial charge is 0.276 e. The van der Waals surface area contributed by atoms with Gasteiger partial charge in [0.1, 0.15) is 5.82 Å². The maximum Gasteiger partial charge on any atom is 0.276 e. The van der Waals surface area contributed by atoms with Gasteiger partial charge in [-0.05, 0) is 44.0 Å². The second-order valence-electron chi connectivity index (χ2n) is 7.31. The van der Waals surface area contributed by atoms with Crippen LogP contribution < -0.4 is 0 Å². The number of likely N-dealkylation sites (tertiary alicyclic amines) is 1. The third kappa shape index (κ3) is 3.16. The average Bonchev–Trinajstić information content (AvgIpc) is 3.48. The van der Waals surface area contributed by atoms with Crippen LogP contribution in [0.25, 0.3) is 16.7 Å². The molecule has 1 unspecified atom stereocenters. The van der Waals surface area contributed by atoms with Gasteiger partial charge >= 0.3 is 0 Å². The highest BCUT2D eigenvalue weighted by Crippen LogP contribution is 2.24. The molecule has 0 aliphatic carbocycles. The van der Waals surface area contributed by atoms with E-state index < -0.39 is 0 Å². The fraction of sp³-hybridized carbons (Fsp3) is 0.286. The lowest BCUT2D eigenvalue weighted by molar-refractivity contribution is 0.0718. The van der Waals surface area contributed by atoms with Gasteiger partial charge in [0.15, 0.2) is 5.69 Å². The van der Waals surface area contributed by atoms with Crippen molar-refractivity contribution in [2.24, 2.45) is 0 Å². The second-order valence-corrected chi connectivity index (χ2v) is 7.31. The number of amides is 1. The van der Waals surface area contributed by atoms with Crippen LogP contribution in [0.1, 0.15) is 29.2 Å². The van der Waals surface area contributed by atoms with E-state index in [1.165, 1.54) is 0 Å². The Kier molecular flexibility index (Phi) is 4.31. The summed E-state index contributed by atoms with van der Waals surface area (Å²) in [5.41, 5.74) is 3.22. The van der Waals surface area contributed by atoms with Crippen molar-refractivity contribution in [3.63, 3.8) is 0 Å². The van der Waals surface area contributed by atoms with Gasteiger partial charge in [0.25, 0.3) is 5.91 Å². The van der Waals surface area contributed by atoms with Gasteiger partial charge in [-0.25, -0.2) is 9.67 Å². The van der Waals surface area contributed by atoms with E-state index in [2.05, 4.69) is 30.9 Å². The van der Waals surface area contributed by atoms with E-state index in [1.807, 2.05) is 42.2 Å². The molecular weight excluding hydrogens is 366 g/mol. The zero-order valence-electron chi connectivity index (χ0n) is 16.1. The fourth-order valence-corrected chi connectivity index (χ4v) is 4.05. The SMILES string of the molecule is Cc1nc2ccccc2n1CC1CCCN1C(=O)c1cn(-c2cccnc2)nn1. The number of nitrogens with zero attached hydrogens (tertiary/aromatic N) is 7. The van der Waals surface area contributed by atoms with Crippen molar-refractivity contribution in [2.45, 2.75) is 32.4 Å². The molecule has 1 saturated heterocycles. The highest BCUT2D eigenvalue weighted by Gasteiger charge is 2.31. The minimum atomic E-state index is -0.0790. The van der Waals surface area contributed by atoms with E-state index in [-0.39, 0.29) is 11.9 Å². The molecule has 1 aromatic carbocycles. The van der Waals surface area contributed by atoms with E-state index in [0.29, 0.717) is 5.69 Å². The number of hydrogen-bond donors (Lipinski definition) is 0. The molecule has 0 bridgehead atoms. The third-order valence-electron chi connectivity index (χ3n) is 5.50. The Labute approximate surface area is 167 Å². The van der Waals surface area contributed by atoms with Gasteiger partial charge < -0.3 is 9.47 Å². The first-order valence-corrected chi connectivity index (χ1v) is 9.76. The summed E-state index contributed by atoms with van der Waals surface area (Å²) in [5.74, 6) is 0.887. The molecule has 4 heterocycles. The summed E-state index contributed by atoms with van der Waals surface area (Å²) in [5, 5.41) is 8.21. The van der Waals surface area contributed by atoms with Crippen LogP contribution in [0.3, 0.4) is 0 Å². The molecule has 1 atom stereocenters. The molecule has 1 fully saturated rings. The predicted molar refractivity (Wildman–Crippen MR) is 108 cm³/mol. The number of fused-ring (bicyclic) bond motifs is 1. The first-order valence-electron chi connectivity index (χ1n) is 9.76. The molecule has 146 valence electrons. The van der Waals surface area contributed by atoms with Crippen molar-refractivity contribution in [3.8, 4) is 5.69 Å². The Morgan fingerprint density at radius 2 is 2.10 bits per heavy atom. The summed E-state index contributed by atoms with van der Waals surface area (Å²) >= 11 is 0. The quantitative estimate of drug-likeness (QED) is 0.538. The van der Waals surface area contributed by atoms with E-state index in [1.54, 1.807) is 23.3 Å². The molecular formula is C21H21N7O. The molecule has 1 aliphatic rings. The summed E-state index contributed by atoms with van der Waals surface area (Å²) in [6, 6.07) is 11.9. The van der Waals surface area contributed by atoms with Crippen LogP contribution in [0.15, 0.2) is 55.0 Å². The molecule has 0 N–H and O–H groups in total. The lowest BCUT2D eigenvalue weighted by Gasteiger charge is -2.25. The molecule has 0 radical (unpaired) electrons. The normalized spacial score (nSPS) is 16.6. The summed E-state index contributed by atoms with van der Waals surface area (Å²) < 4.78 is 3.79. The van der Waals surface area contributed by atoms with Crippen molar-refractivity contribution < 1.29 is 4.79 Å². The Hall–Kier alpha value is -3.55. The number of hydrogen-bond acceptors (Lipinski definition) is 5. The van der Waals surface area contributed by atoms with E-state index in [4.69, 9.17) is 0 Å². The van der Waals surface area contributed by atoms with Crippen molar-refractivity contribution >= 4 is 16.9 Å². The Bertz CT molecular complexity index is 1160. The molecule has 8 nitrogen and oxygen atoms in total. The molecule has 1 aliphatic heterocycles. The Morgan fingerprint density at radius 3 is 2.97 bits per heavy atom. The third-order valence-corrected chi connectivity index (χ3v) is 5.50. The number of para-hydroxylation sites is 2. The number of pyridine rings is 1. The summed E-state index contributed by atoms with van der Waals surface area (Å²) in [6.07, 6.45) is 7.01. The van der Waals surface area contributed by atoms with E-state index in [0.717, 1.165) is 48.5 Å². The summed E-state index contributed by atoms with van der Waals surface area (Å²) in [7, 11) is 0. The number of imidazole rings is 1. The molecule has 1 amide bonds. The number of aromatic nitrogens is 6. The molecule has 3 aromatic heterocycles. The van der Waals surface area contributed by atoms with Crippen LogP contribution in [-0.2, 0) is 6.54 Å². The second kappa shape index (κ2) is 7.12. The van der Waals surface area contributed by atoms with Gasteiger partial charge in [0.05, 0.1) is 35.2 Å². The van der Waals surface area contributed by atoms with Gasteiger partial charge in [-0.3, -0.25) is 9.78 Å². The highest BCUT2D eigenvalue weighted by atomic mass is 16.2. The first-order chi connectivity index (χ1) is 14.2. The monoisotopic (exact) mass is 387 g/mol. The van der Waals surface area contributed by atoms with Crippen molar-refractivity contribution in [1.29, 1.82) is 0 Å². The maximum absolute atomic E-state index is 13.1. The molecule has 0 spiro atoms. The van der Waals surface area contributed by atoms with Crippen LogP contribution in [0, 0.1) is 6.92 Å². The maximum atomic E-state index is 13.1. The zero-order chi connectivity index (χ0) is 19.8. The topological polar surface area (TPSA) is 81.7 Å². The van der Waals surface area contributed by atoms with Crippen LogP contribution in [0.5, 0.6) is 0 Å². The van der Waals surface area contributed by atoms with Crippen LogP contribution >= 0.6 is 0 Å². The van der Waals surface area contributed by atoms with Crippen LogP contribution in [-0.4, -0.2) is 52.9 Å². The number of aryl methyl sites for hydroxylation is 1. The van der Waals surface area contributed by atoms with Gasteiger partial charge in [-0.1, -0.05) is 17.3 Å². The van der Waals surface area contributed by atoms with Crippen molar-refractivity contribution in [3.05, 3.63) is 66.5 Å². The minimum absolute atomic E-state index is 0.0790. The predicted octanol–water partition coefficient (Wildman–Crippen LogP) is 2.63.